The lowest BCUT2D eigenvalue weighted by Crippen LogP contribution is -1.97. The fourth-order valence-corrected chi connectivity index (χ4v) is 3.03. The number of nitrogens with zero attached hydrogens (tertiary/aromatic N) is 2. The first kappa shape index (κ1) is 19.6. The lowest BCUT2D eigenvalue weighted by molar-refractivity contribution is 0.104. The molecule has 28 heavy (non-hydrogen) atoms. The van der Waals surface area contributed by atoms with Crippen LogP contribution in [0.4, 0.5) is 4.39 Å². The van der Waals surface area contributed by atoms with E-state index in [1.54, 1.807) is 43.3 Å². The first-order valence-corrected chi connectivity index (χ1v) is 8.78. The third-order valence-corrected chi connectivity index (χ3v) is 4.55. The highest BCUT2D eigenvalue weighted by molar-refractivity contribution is 6.31. The van der Waals surface area contributed by atoms with E-state index in [4.69, 9.17) is 21.1 Å². The molecule has 0 unspecified atom stereocenters. The summed E-state index contributed by atoms with van der Waals surface area (Å²) in [5.74, 6) is 0.456. The van der Waals surface area contributed by atoms with Crippen LogP contribution in [0.15, 0.2) is 48.5 Å². The van der Waals surface area contributed by atoms with Gasteiger partial charge in [-0.15, -0.1) is 0 Å². The Hall–Kier alpha value is -3.12. The van der Waals surface area contributed by atoms with Crippen molar-refractivity contribution in [2.24, 2.45) is 0 Å². The summed E-state index contributed by atoms with van der Waals surface area (Å²) in [4.78, 5) is 12.5. The largest absolute Gasteiger partial charge is 0.493 e. The summed E-state index contributed by atoms with van der Waals surface area (Å²) in [5, 5.41) is 4.71. The summed E-state index contributed by atoms with van der Waals surface area (Å²) in [6.07, 6.45) is 3.04. The molecular formula is C21H18ClFN2O3. The number of ketones is 1. The van der Waals surface area contributed by atoms with E-state index in [9.17, 15) is 9.18 Å². The smallest absolute Gasteiger partial charge is 0.185 e. The van der Waals surface area contributed by atoms with Gasteiger partial charge in [-0.3, -0.25) is 4.79 Å². The van der Waals surface area contributed by atoms with Gasteiger partial charge in [0.25, 0.3) is 0 Å². The van der Waals surface area contributed by atoms with E-state index in [2.05, 4.69) is 5.10 Å². The molecular weight excluding hydrogens is 383 g/mol. The van der Waals surface area contributed by atoms with Crippen molar-refractivity contribution in [2.75, 3.05) is 14.2 Å². The predicted molar refractivity (Wildman–Crippen MR) is 106 cm³/mol. The number of carbonyl (C=O) groups excluding carboxylic acids is 1. The maximum absolute atomic E-state index is 13.1. The quantitative estimate of drug-likeness (QED) is 0.437. The van der Waals surface area contributed by atoms with E-state index >= 15 is 0 Å². The van der Waals surface area contributed by atoms with Crippen LogP contribution in [-0.2, 0) is 0 Å². The van der Waals surface area contributed by atoms with E-state index in [0.29, 0.717) is 39.2 Å². The molecule has 2 aromatic carbocycles. The van der Waals surface area contributed by atoms with Crippen molar-refractivity contribution in [1.29, 1.82) is 0 Å². The fourth-order valence-electron chi connectivity index (χ4n) is 2.70. The minimum absolute atomic E-state index is 0.217. The van der Waals surface area contributed by atoms with Crippen LogP contribution in [0, 0.1) is 12.7 Å². The molecule has 0 fully saturated rings. The highest BCUT2D eigenvalue weighted by Gasteiger charge is 2.14. The van der Waals surface area contributed by atoms with E-state index in [0.717, 1.165) is 0 Å². The lowest BCUT2D eigenvalue weighted by Gasteiger charge is -2.08. The summed E-state index contributed by atoms with van der Waals surface area (Å²) in [5.41, 5.74) is 2.33. The Kier molecular flexibility index (Phi) is 5.80. The number of hydrogen-bond donors (Lipinski definition) is 0. The van der Waals surface area contributed by atoms with Gasteiger partial charge in [0, 0.05) is 11.1 Å². The second-order valence-corrected chi connectivity index (χ2v) is 6.30. The molecule has 0 radical (unpaired) electrons. The Balaban J connectivity index is 1.88. The Morgan fingerprint density at radius 3 is 2.43 bits per heavy atom. The van der Waals surface area contributed by atoms with E-state index < -0.39 is 0 Å². The number of benzene rings is 2. The Morgan fingerprint density at radius 2 is 1.79 bits per heavy atom. The number of allylic oxidation sites excluding steroid dienone is 1. The molecule has 0 N–H and O–H groups in total. The zero-order valence-corrected chi connectivity index (χ0v) is 16.3. The number of hydrogen-bond acceptors (Lipinski definition) is 4. The van der Waals surface area contributed by atoms with Crippen LogP contribution in [0.3, 0.4) is 0 Å². The van der Waals surface area contributed by atoms with Crippen LogP contribution in [-0.4, -0.2) is 29.8 Å². The molecule has 0 saturated heterocycles. The van der Waals surface area contributed by atoms with Crippen LogP contribution in [0.1, 0.15) is 21.6 Å². The van der Waals surface area contributed by atoms with Gasteiger partial charge in [0.15, 0.2) is 17.3 Å². The van der Waals surface area contributed by atoms with Crippen molar-refractivity contribution < 1.29 is 18.7 Å². The number of methoxy groups -OCH3 is 2. The van der Waals surface area contributed by atoms with Crippen molar-refractivity contribution in [2.45, 2.75) is 6.92 Å². The van der Waals surface area contributed by atoms with Gasteiger partial charge >= 0.3 is 0 Å². The summed E-state index contributed by atoms with van der Waals surface area (Å²) in [7, 11) is 3.04. The predicted octanol–water partition coefficient (Wildman–Crippen LogP) is 4.89. The molecule has 0 amide bonds. The van der Waals surface area contributed by atoms with E-state index in [-0.39, 0.29) is 11.6 Å². The second kappa shape index (κ2) is 8.27. The maximum Gasteiger partial charge on any atom is 0.185 e. The average molecular weight is 401 g/mol. The minimum Gasteiger partial charge on any atom is -0.493 e. The Bertz CT molecular complexity index is 1040. The van der Waals surface area contributed by atoms with Crippen molar-refractivity contribution >= 4 is 23.5 Å². The van der Waals surface area contributed by atoms with Gasteiger partial charge in [-0.25, -0.2) is 9.07 Å². The molecule has 0 bridgehead atoms. The number of aromatic nitrogens is 2. The summed E-state index contributed by atoms with van der Waals surface area (Å²) in [6, 6.07) is 10.8. The zero-order valence-electron chi connectivity index (χ0n) is 15.6. The third kappa shape index (κ3) is 3.92. The van der Waals surface area contributed by atoms with Crippen molar-refractivity contribution in [3.05, 3.63) is 76.3 Å². The van der Waals surface area contributed by atoms with Gasteiger partial charge in [-0.1, -0.05) is 11.6 Å². The van der Waals surface area contributed by atoms with Crippen molar-refractivity contribution in [3.63, 3.8) is 0 Å². The first-order valence-electron chi connectivity index (χ1n) is 8.40. The highest BCUT2D eigenvalue weighted by atomic mass is 35.5. The number of rotatable bonds is 6. The number of ether oxygens (including phenoxy) is 2. The number of carbonyl (C=O) groups is 1. The maximum atomic E-state index is 13.1. The summed E-state index contributed by atoms with van der Waals surface area (Å²) in [6.45, 7) is 1.78. The van der Waals surface area contributed by atoms with E-state index in [1.165, 1.54) is 37.1 Å². The highest BCUT2D eigenvalue weighted by Crippen LogP contribution is 2.28. The summed E-state index contributed by atoms with van der Waals surface area (Å²) < 4.78 is 25.0. The monoisotopic (exact) mass is 400 g/mol. The second-order valence-electron chi connectivity index (χ2n) is 5.95. The Morgan fingerprint density at radius 1 is 1.11 bits per heavy atom. The van der Waals surface area contributed by atoms with Crippen molar-refractivity contribution in [3.8, 4) is 17.2 Å². The molecule has 0 aliphatic heterocycles. The molecule has 3 rings (SSSR count). The molecule has 5 nitrogen and oxygen atoms in total. The van der Waals surface area contributed by atoms with Gasteiger partial charge in [0.05, 0.1) is 25.6 Å². The molecule has 0 saturated carbocycles. The molecule has 3 aromatic rings. The van der Waals surface area contributed by atoms with Crippen LogP contribution in [0.2, 0.25) is 5.15 Å². The molecule has 144 valence electrons. The molecule has 7 heteroatoms. The SMILES string of the molecule is COc1ccc(C(=O)/C=C/c2c(C)nn(-c3ccc(F)cc3)c2Cl)cc1OC. The number of aryl methyl sites for hydroxylation is 1. The van der Waals surface area contributed by atoms with E-state index in [1.807, 2.05) is 0 Å². The molecule has 0 spiro atoms. The molecule has 0 atom stereocenters. The normalized spacial score (nSPS) is 11.0. The topological polar surface area (TPSA) is 53.3 Å². The van der Waals surface area contributed by atoms with Gasteiger partial charge in [0.2, 0.25) is 0 Å². The van der Waals surface area contributed by atoms with Gasteiger partial charge in [-0.2, -0.15) is 5.10 Å². The Labute approximate surface area is 167 Å². The molecule has 1 heterocycles. The molecule has 1 aromatic heterocycles. The average Bonchev–Trinajstić information content (AvgIpc) is 2.99. The molecule has 0 aliphatic rings. The fraction of sp³-hybridized carbons (Fsp3) is 0.143. The minimum atomic E-state index is -0.343. The number of halogens is 2. The first-order chi connectivity index (χ1) is 13.4. The van der Waals surface area contributed by atoms with Crippen LogP contribution in [0.25, 0.3) is 11.8 Å². The lowest BCUT2D eigenvalue weighted by atomic mass is 10.1. The third-order valence-electron chi connectivity index (χ3n) is 4.19. The van der Waals surface area contributed by atoms with Gasteiger partial charge in [0.1, 0.15) is 11.0 Å². The van der Waals surface area contributed by atoms with Crippen LogP contribution >= 0.6 is 11.6 Å². The summed E-state index contributed by atoms with van der Waals surface area (Å²) >= 11 is 6.43. The van der Waals surface area contributed by atoms with Gasteiger partial charge in [-0.05, 0) is 61.5 Å². The zero-order chi connectivity index (χ0) is 20.3. The van der Waals surface area contributed by atoms with Crippen LogP contribution < -0.4 is 9.47 Å². The molecule has 0 aliphatic carbocycles. The van der Waals surface area contributed by atoms with Gasteiger partial charge < -0.3 is 9.47 Å². The van der Waals surface area contributed by atoms with Crippen LogP contribution in [0.5, 0.6) is 11.5 Å². The standard InChI is InChI=1S/C21H18ClFN2O3/c1-13-17(21(22)25(24-13)16-7-5-15(23)6-8-16)9-10-18(26)14-4-11-19(27-2)20(12-14)28-3/h4-12H,1-3H3/b10-9+. The van der Waals surface area contributed by atoms with Crippen molar-refractivity contribution in [1.82, 2.24) is 9.78 Å².